The third kappa shape index (κ3) is 2.43. The Morgan fingerprint density at radius 1 is 1.24 bits per heavy atom. The average Bonchev–Trinajstić information content (AvgIpc) is 2.80. The topological polar surface area (TPSA) is 64.1 Å². The molecule has 4 nitrogen and oxygen atoms in total. The van der Waals surface area contributed by atoms with Gasteiger partial charge in [-0.25, -0.2) is 4.98 Å². The van der Waals surface area contributed by atoms with Crippen molar-refractivity contribution in [3.05, 3.63) is 41.4 Å². The van der Waals surface area contributed by atoms with Gasteiger partial charge in [-0.1, -0.05) is 18.5 Å². The second-order valence-corrected chi connectivity index (χ2v) is 5.43. The molecule has 0 bridgehead atoms. The van der Waals surface area contributed by atoms with Crippen LogP contribution in [0.15, 0.2) is 36.4 Å². The third-order valence-corrected chi connectivity index (χ3v) is 3.68. The number of hydrogen-bond acceptors (Lipinski definition) is 3. The van der Waals surface area contributed by atoms with Crippen LogP contribution in [-0.2, 0) is 6.54 Å². The maximum absolute atomic E-state index is 9.57. The fraction of sp³-hybridized carbons (Fsp3) is 0.188. The Morgan fingerprint density at radius 3 is 2.76 bits per heavy atom. The van der Waals surface area contributed by atoms with Crippen molar-refractivity contribution < 1.29 is 5.11 Å². The molecule has 3 rings (SSSR count). The predicted molar refractivity (Wildman–Crippen MR) is 86.5 cm³/mol. The normalized spacial score (nSPS) is 11.1. The van der Waals surface area contributed by atoms with Crippen molar-refractivity contribution in [1.29, 1.82) is 0 Å². The fourth-order valence-corrected chi connectivity index (χ4v) is 2.63. The molecule has 108 valence electrons. The number of aryl methyl sites for hydroxylation is 1. The zero-order chi connectivity index (χ0) is 15.0. The van der Waals surface area contributed by atoms with E-state index in [4.69, 9.17) is 17.3 Å². The summed E-state index contributed by atoms with van der Waals surface area (Å²) < 4.78 is 2.15. The van der Waals surface area contributed by atoms with Crippen LogP contribution < -0.4 is 5.73 Å². The van der Waals surface area contributed by atoms with E-state index in [0.29, 0.717) is 10.7 Å². The van der Waals surface area contributed by atoms with Crippen LogP contribution in [0.3, 0.4) is 0 Å². The van der Waals surface area contributed by atoms with Crippen LogP contribution in [0.4, 0.5) is 5.69 Å². The van der Waals surface area contributed by atoms with Crippen LogP contribution in [0.25, 0.3) is 22.4 Å². The van der Waals surface area contributed by atoms with Gasteiger partial charge in [0.1, 0.15) is 11.6 Å². The molecule has 0 atom stereocenters. The largest absolute Gasteiger partial charge is 0.506 e. The Hall–Kier alpha value is -2.20. The number of fused-ring (bicyclic) bond motifs is 1. The summed E-state index contributed by atoms with van der Waals surface area (Å²) in [4.78, 5) is 4.67. The molecule has 5 heteroatoms. The number of phenolic OH excluding ortho intramolecular Hbond substituents is 1. The summed E-state index contributed by atoms with van der Waals surface area (Å²) in [7, 11) is 0. The van der Waals surface area contributed by atoms with Gasteiger partial charge in [0.2, 0.25) is 0 Å². The first-order chi connectivity index (χ1) is 10.1. The van der Waals surface area contributed by atoms with Gasteiger partial charge in [0.15, 0.2) is 0 Å². The highest BCUT2D eigenvalue weighted by Gasteiger charge is 2.13. The van der Waals surface area contributed by atoms with E-state index < -0.39 is 0 Å². The molecular weight excluding hydrogens is 286 g/mol. The number of aromatic hydroxyl groups is 1. The number of hydrogen-bond donors (Lipinski definition) is 2. The minimum absolute atomic E-state index is 0.0833. The minimum Gasteiger partial charge on any atom is -0.506 e. The van der Waals surface area contributed by atoms with Crippen LogP contribution in [0.5, 0.6) is 5.75 Å². The van der Waals surface area contributed by atoms with Gasteiger partial charge in [-0.3, -0.25) is 0 Å². The lowest BCUT2D eigenvalue weighted by molar-refractivity contribution is 0.478. The quantitative estimate of drug-likeness (QED) is 0.566. The molecule has 0 radical (unpaired) electrons. The summed E-state index contributed by atoms with van der Waals surface area (Å²) in [6.45, 7) is 2.98. The average molecular weight is 302 g/mol. The molecule has 3 aromatic rings. The third-order valence-electron chi connectivity index (χ3n) is 3.44. The Kier molecular flexibility index (Phi) is 3.47. The first-order valence-corrected chi connectivity index (χ1v) is 7.22. The number of imidazole rings is 1. The molecule has 2 aromatic carbocycles. The Morgan fingerprint density at radius 2 is 2.05 bits per heavy atom. The smallest absolute Gasteiger partial charge is 0.141 e. The van der Waals surface area contributed by atoms with E-state index in [1.54, 1.807) is 12.1 Å². The SMILES string of the molecule is CCCn1c(-c2ccc(O)c(N)c2)nc2cc(Cl)ccc21. The molecular formula is C16H16ClN3O. The van der Waals surface area contributed by atoms with Crippen LogP contribution in [0.1, 0.15) is 13.3 Å². The number of aromatic nitrogens is 2. The van der Waals surface area contributed by atoms with Crippen molar-refractivity contribution in [2.24, 2.45) is 0 Å². The first kappa shape index (κ1) is 13.8. The van der Waals surface area contributed by atoms with Crippen molar-refractivity contribution in [1.82, 2.24) is 9.55 Å². The van der Waals surface area contributed by atoms with Crippen molar-refractivity contribution >= 4 is 28.3 Å². The maximum Gasteiger partial charge on any atom is 0.141 e. The first-order valence-electron chi connectivity index (χ1n) is 6.85. The summed E-state index contributed by atoms with van der Waals surface area (Å²) in [5, 5.41) is 10.2. The van der Waals surface area contributed by atoms with Gasteiger partial charge in [-0.05, 0) is 42.8 Å². The van der Waals surface area contributed by atoms with E-state index >= 15 is 0 Å². The zero-order valence-corrected chi connectivity index (χ0v) is 12.4. The monoisotopic (exact) mass is 301 g/mol. The standard InChI is InChI=1S/C16H16ClN3O/c1-2-7-20-14-5-4-11(17)9-13(14)19-16(20)10-3-6-15(21)12(18)8-10/h3-6,8-9,21H,2,7,18H2,1H3. The van der Waals surface area contributed by atoms with Crippen LogP contribution in [-0.4, -0.2) is 14.7 Å². The van der Waals surface area contributed by atoms with Gasteiger partial charge in [-0.15, -0.1) is 0 Å². The highest BCUT2D eigenvalue weighted by molar-refractivity contribution is 6.31. The molecule has 0 amide bonds. The number of rotatable bonds is 3. The van der Waals surface area contributed by atoms with Crippen molar-refractivity contribution in [3.8, 4) is 17.1 Å². The fourth-order valence-electron chi connectivity index (χ4n) is 2.47. The number of halogens is 1. The molecule has 0 saturated heterocycles. The molecule has 0 aliphatic rings. The number of nitrogens with zero attached hydrogens (tertiary/aromatic N) is 2. The molecule has 21 heavy (non-hydrogen) atoms. The number of nitrogens with two attached hydrogens (primary N) is 1. The lowest BCUT2D eigenvalue weighted by Crippen LogP contribution is -2.00. The predicted octanol–water partition coefficient (Wildman–Crippen LogP) is 4.05. The van der Waals surface area contributed by atoms with Gasteiger partial charge in [0.25, 0.3) is 0 Å². The molecule has 1 aromatic heterocycles. The van der Waals surface area contributed by atoms with E-state index in [2.05, 4.69) is 16.5 Å². The zero-order valence-electron chi connectivity index (χ0n) is 11.7. The molecule has 0 spiro atoms. The highest BCUT2D eigenvalue weighted by Crippen LogP contribution is 2.30. The summed E-state index contributed by atoms with van der Waals surface area (Å²) in [6.07, 6.45) is 0.995. The van der Waals surface area contributed by atoms with E-state index in [1.165, 1.54) is 0 Å². The molecule has 3 N–H and O–H groups in total. The van der Waals surface area contributed by atoms with Gasteiger partial charge in [0.05, 0.1) is 16.7 Å². The van der Waals surface area contributed by atoms with Crippen LogP contribution >= 0.6 is 11.6 Å². The van der Waals surface area contributed by atoms with Crippen molar-refractivity contribution in [3.63, 3.8) is 0 Å². The van der Waals surface area contributed by atoms with Gasteiger partial charge in [0, 0.05) is 17.1 Å². The second-order valence-electron chi connectivity index (χ2n) is 4.99. The summed E-state index contributed by atoms with van der Waals surface area (Å²) in [5.74, 6) is 0.917. The number of phenols is 1. The number of benzene rings is 2. The highest BCUT2D eigenvalue weighted by atomic mass is 35.5. The lowest BCUT2D eigenvalue weighted by atomic mass is 10.1. The maximum atomic E-state index is 9.57. The van der Waals surface area contributed by atoms with Gasteiger partial charge < -0.3 is 15.4 Å². The van der Waals surface area contributed by atoms with Gasteiger partial charge >= 0.3 is 0 Å². The number of nitrogen functional groups attached to an aromatic ring is 1. The minimum atomic E-state index is 0.0833. The summed E-state index contributed by atoms with van der Waals surface area (Å²) in [5.41, 5.74) is 8.92. The van der Waals surface area contributed by atoms with E-state index in [1.807, 2.05) is 24.3 Å². The lowest BCUT2D eigenvalue weighted by Gasteiger charge is -2.09. The molecule has 0 fully saturated rings. The Balaban J connectivity index is 2.24. The molecule has 1 heterocycles. The molecule has 0 saturated carbocycles. The number of anilines is 1. The van der Waals surface area contributed by atoms with Gasteiger partial charge in [-0.2, -0.15) is 0 Å². The van der Waals surface area contributed by atoms with E-state index in [-0.39, 0.29) is 5.75 Å². The Labute approximate surface area is 127 Å². The molecule has 0 unspecified atom stereocenters. The van der Waals surface area contributed by atoms with Crippen LogP contribution in [0, 0.1) is 0 Å². The molecule has 0 aliphatic carbocycles. The van der Waals surface area contributed by atoms with E-state index in [9.17, 15) is 5.11 Å². The van der Waals surface area contributed by atoms with Crippen molar-refractivity contribution in [2.45, 2.75) is 19.9 Å². The second kappa shape index (κ2) is 5.30. The summed E-state index contributed by atoms with van der Waals surface area (Å²) >= 11 is 6.05. The summed E-state index contributed by atoms with van der Waals surface area (Å²) in [6, 6.07) is 10.9. The van der Waals surface area contributed by atoms with E-state index in [0.717, 1.165) is 35.4 Å². The van der Waals surface area contributed by atoms with Crippen LogP contribution in [0.2, 0.25) is 5.02 Å². The van der Waals surface area contributed by atoms with Crippen molar-refractivity contribution in [2.75, 3.05) is 5.73 Å². The molecule has 0 aliphatic heterocycles. The Bertz CT molecular complexity index is 811.